The zero-order valence-corrected chi connectivity index (χ0v) is 21.2. The van der Waals surface area contributed by atoms with E-state index in [1.807, 2.05) is 44.2 Å². The Hall–Kier alpha value is -2.94. The van der Waals surface area contributed by atoms with Crippen LogP contribution in [0.15, 0.2) is 47.8 Å². The van der Waals surface area contributed by atoms with Crippen LogP contribution in [-0.2, 0) is 11.2 Å². The predicted octanol–water partition coefficient (Wildman–Crippen LogP) is 4.39. The second-order valence-electron chi connectivity index (χ2n) is 8.84. The number of rotatable bonds is 11. The number of benzene rings is 2. The molecule has 0 saturated carbocycles. The van der Waals surface area contributed by atoms with Crippen molar-refractivity contribution in [2.75, 3.05) is 39.5 Å². The summed E-state index contributed by atoms with van der Waals surface area (Å²) >= 11 is 1.59. The van der Waals surface area contributed by atoms with Crippen molar-refractivity contribution in [3.63, 3.8) is 0 Å². The summed E-state index contributed by atoms with van der Waals surface area (Å²) < 4.78 is 17.2. The molecule has 1 aromatic heterocycles. The van der Waals surface area contributed by atoms with E-state index in [1.54, 1.807) is 23.5 Å². The maximum absolute atomic E-state index is 11.7. The lowest BCUT2D eigenvalue weighted by atomic mass is 10.1. The van der Waals surface area contributed by atoms with E-state index in [2.05, 4.69) is 10.3 Å². The van der Waals surface area contributed by atoms with Gasteiger partial charge < -0.3 is 19.9 Å². The van der Waals surface area contributed by atoms with Gasteiger partial charge in [0.25, 0.3) is 0 Å². The molecular weight excluding hydrogens is 462 g/mol. The van der Waals surface area contributed by atoms with Crippen LogP contribution in [0.3, 0.4) is 0 Å². The number of amides is 1. The van der Waals surface area contributed by atoms with Gasteiger partial charge in [-0.2, -0.15) is 0 Å². The lowest BCUT2D eigenvalue weighted by molar-refractivity contribution is 0.0358. The maximum atomic E-state index is 11.7. The zero-order chi connectivity index (χ0) is 24.6. The Kier molecular flexibility index (Phi) is 8.74. The van der Waals surface area contributed by atoms with Gasteiger partial charge in [0, 0.05) is 48.1 Å². The number of thiazole rings is 1. The van der Waals surface area contributed by atoms with Gasteiger partial charge >= 0.3 is 0 Å². The Labute approximate surface area is 210 Å². The number of hydrogen-bond acceptors (Lipinski definition) is 7. The highest BCUT2D eigenvalue weighted by Gasteiger charge is 2.14. The van der Waals surface area contributed by atoms with Crippen LogP contribution < -0.4 is 15.2 Å². The molecule has 0 unspecified atom stereocenters. The highest BCUT2D eigenvalue weighted by molar-refractivity contribution is 7.10. The van der Waals surface area contributed by atoms with Crippen LogP contribution in [0.4, 0.5) is 0 Å². The van der Waals surface area contributed by atoms with E-state index in [1.165, 1.54) is 0 Å². The second-order valence-corrected chi connectivity index (χ2v) is 9.78. The molecule has 1 saturated heterocycles. The fourth-order valence-electron chi connectivity index (χ4n) is 3.95. The Morgan fingerprint density at radius 3 is 2.66 bits per heavy atom. The van der Waals surface area contributed by atoms with Crippen LogP contribution in [0, 0.1) is 0 Å². The smallest absolute Gasteiger partial charge is 0.248 e. The molecule has 0 atom stereocenters. The Bertz CT molecular complexity index is 1110. The second kappa shape index (κ2) is 12.2. The molecule has 2 N–H and O–H groups in total. The third-order valence-corrected chi connectivity index (χ3v) is 6.59. The fourth-order valence-corrected chi connectivity index (χ4v) is 4.78. The van der Waals surface area contributed by atoms with Crippen molar-refractivity contribution in [2.45, 2.75) is 32.8 Å². The molecule has 1 amide bonds. The van der Waals surface area contributed by atoms with Crippen molar-refractivity contribution in [3.05, 3.63) is 64.0 Å². The van der Waals surface area contributed by atoms with Crippen molar-refractivity contribution in [1.82, 2.24) is 9.88 Å². The van der Waals surface area contributed by atoms with Gasteiger partial charge in [0.15, 0.2) is 0 Å². The lowest BCUT2D eigenvalue weighted by Gasteiger charge is -2.26. The van der Waals surface area contributed by atoms with Gasteiger partial charge in [-0.3, -0.25) is 9.69 Å². The first kappa shape index (κ1) is 25.2. The molecule has 0 spiro atoms. The van der Waals surface area contributed by atoms with Gasteiger partial charge in [-0.15, -0.1) is 11.3 Å². The molecule has 1 fully saturated rings. The SMILES string of the molecule is CC(C)Oc1ccc(C(N)=O)cc1Cc1nc(-c2ccc(OCCCN3CCOCC3)cc2)cs1. The van der Waals surface area contributed by atoms with Crippen molar-refractivity contribution in [3.8, 4) is 22.8 Å². The van der Waals surface area contributed by atoms with E-state index in [0.717, 1.165) is 72.6 Å². The molecule has 1 aliphatic heterocycles. The minimum atomic E-state index is -0.453. The topological polar surface area (TPSA) is 86.9 Å². The summed E-state index contributed by atoms with van der Waals surface area (Å²) in [6, 6.07) is 13.4. The van der Waals surface area contributed by atoms with Crippen LogP contribution in [0.5, 0.6) is 11.5 Å². The van der Waals surface area contributed by atoms with Crippen LogP contribution in [0.25, 0.3) is 11.3 Å². The van der Waals surface area contributed by atoms with Crippen molar-refractivity contribution in [1.29, 1.82) is 0 Å². The first-order valence-electron chi connectivity index (χ1n) is 12.0. The third-order valence-electron chi connectivity index (χ3n) is 5.74. The van der Waals surface area contributed by atoms with Crippen LogP contribution in [0.2, 0.25) is 0 Å². The minimum absolute atomic E-state index is 0.0279. The van der Waals surface area contributed by atoms with Gasteiger partial charge in [0.2, 0.25) is 5.91 Å². The molecular formula is C27H33N3O4S. The van der Waals surface area contributed by atoms with Gasteiger partial charge in [-0.1, -0.05) is 0 Å². The number of nitrogens with two attached hydrogens (primary N) is 1. The number of aromatic nitrogens is 1. The monoisotopic (exact) mass is 495 g/mol. The average Bonchev–Trinajstić information content (AvgIpc) is 3.32. The van der Waals surface area contributed by atoms with Crippen molar-refractivity contribution < 1.29 is 19.0 Å². The number of carbonyl (C=O) groups excluding carboxylic acids is 1. The molecule has 2 heterocycles. The summed E-state index contributed by atoms with van der Waals surface area (Å²) in [6.45, 7) is 9.36. The van der Waals surface area contributed by atoms with Crippen LogP contribution in [-0.4, -0.2) is 61.3 Å². The van der Waals surface area contributed by atoms with Gasteiger partial charge in [-0.05, 0) is 62.7 Å². The Morgan fingerprint density at radius 2 is 1.94 bits per heavy atom. The normalized spacial score (nSPS) is 14.3. The summed E-state index contributed by atoms with van der Waals surface area (Å²) in [5, 5.41) is 2.99. The fraction of sp³-hybridized carbons (Fsp3) is 0.407. The molecule has 8 heteroatoms. The first-order chi connectivity index (χ1) is 17.0. The molecule has 35 heavy (non-hydrogen) atoms. The number of nitrogens with zero attached hydrogens (tertiary/aromatic N) is 2. The lowest BCUT2D eigenvalue weighted by Crippen LogP contribution is -2.37. The van der Waals surface area contributed by atoms with E-state index < -0.39 is 5.91 Å². The summed E-state index contributed by atoms with van der Waals surface area (Å²) in [5.74, 6) is 1.16. The van der Waals surface area contributed by atoms with Gasteiger partial charge in [0.05, 0.1) is 36.6 Å². The number of morpholine rings is 1. The molecule has 2 aromatic carbocycles. The van der Waals surface area contributed by atoms with Crippen molar-refractivity contribution in [2.24, 2.45) is 5.73 Å². The first-order valence-corrected chi connectivity index (χ1v) is 12.9. The summed E-state index contributed by atoms with van der Waals surface area (Å²) in [4.78, 5) is 18.9. The average molecular weight is 496 g/mol. The standard InChI is InChI=1S/C27H33N3O4S/c1-19(2)34-25-9-6-21(27(28)31)16-22(25)17-26-29-24(18-35-26)20-4-7-23(8-5-20)33-13-3-10-30-11-14-32-15-12-30/h4-9,16,18-19H,3,10-15,17H2,1-2H3,(H2,28,31). The van der Waals surface area contributed by atoms with Gasteiger partial charge in [-0.25, -0.2) is 4.98 Å². The van der Waals surface area contributed by atoms with E-state index in [4.69, 9.17) is 24.9 Å². The molecule has 186 valence electrons. The van der Waals surface area contributed by atoms with Crippen molar-refractivity contribution >= 4 is 17.2 Å². The van der Waals surface area contributed by atoms with E-state index in [0.29, 0.717) is 18.6 Å². The third kappa shape index (κ3) is 7.27. The highest BCUT2D eigenvalue weighted by atomic mass is 32.1. The number of ether oxygens (including phenoxy) is 3. The summed E-state index contributed by atoms with van der Waals surface area (Å²) in [6.07, 6.45) is 1.59. The molecule has 7 nitrogen and oxygen atoms in total. The molecule has 0 bridgehead atoms. The molecule has 0 aliphatic carbocycles. The number of carbonyl (C=O) groups is 1. The number of hydrogen-bond donors (Lipinski definition) is 1. The van der Waals surface area contributed by atoms with Gasteiger partial charge in [0.1, 0.15) is 11.5 Å². The highest BCUT2D eigenvalue weighted by Crippen LogP contribution is 2.29. The Balaban J connectivity index is 1.35. The molecule has 1 aliphatic rings. The number of primary amides is 1. The summed E-state index contributed by atoms with van der Waals surface area (Å²) in [5.41, 5.74) is 8.81. The van der Waals surface area contributed by atoms with Crippen LogP contribution >= 0.6 is 11.3 Å². The largest absolute Gasteiger partial charge is 0.494 e. The van der Waals surface area contributed by atoms with Crippen LogP contribution in [0.1, 0.15) is 41.2 Å². The summed E-state index contributed by atoms with van der Waals surface area (Å²) in [7, 11) is 0. The Morgan fingerprint density at radius 1 is 1.17 bits per heavy atom. The zero-order valence-electron chi connectivity index (χ0n) is 20.4. The molecule has 4 rings (SSSR count). The molecule has 3 aromatic rings. The minimum Gasteiger partial charge on any atom is -0.494 e. The maximum Gasteiger partial charge on any atom is 0.248 e. The quantitative estimate of drug-likeness (QED) is 0.397. The molecule has 0 radical (unpaired) electrons. The van der Waals surface area contributed by atoms with E-state index in [-0.39, 0.29) is 6.10 Å². The van der Waals surface area contributed by atoms with E-state index in [9.17, 15) is 4.79 Å². The van der Waals surface area contributed by atoms with E-state index >= 15 is 0 Å². The predicted molar refractivity (Wildman–Crippen MR) is 138 cm³/mol.